The summed E-state index contributed by atoms with van der Waals surface area (Å²) < 4.78 is 5.95. The van der Waals surface area contributed by atoms with Gasteiger partial charge in [0.1, 0.15) is 0 Å². The van der Waals surface area contributed by atoms with Crippen LogP contribution < -0.4 is 0 Å². The molecule has 0 N–H and O–H groups in total. The summed E-state index contributed by atoms with van der Waals surface area (Å²) in [6.45, 7) is 6.87. The van der Waals surface area contributed by atoms with Gasteiger partial charge in [-0.2, -0.15) is 0 Å². The molecule has 0 unspecified atom stereocenters. The molecule has 1 nitrogen and oxygen atoms in total. The molecule has 2 fully saturated rings. The molecule has 2 aliphatic carbocycles. The van der Waals surface area contributed by atoms with Gasteiger partial charge in [-0.3, -0.25) is 0 Å². The van der Waals surface area contributed by atoms with Gasteiger partial charge in [0.25, 0.3) is 0 Å². The monoisotopic (exact) mass is 346 g/mol. The summed E-state index contributed by atoms with van der Waals surface area (Å²) >= 11 is 0. The molecule has 144 valence electrons. The van der Waals surface area contributed by atoms with Crippen molar-refractivity contribution in [2.24, 2.45) is 17.8 Å². The molecule has 0 radical (unpaired) electrons. The van der Waals surface area contributed by atoms with Gasteiger partial charge in [0.15, 0.2) is 0 Å². The van der Waals surface area contributed by atoms with E-state index in [9.17, 15) is 0 Å². The Kier molecular flexibility index (Phi) is 10.6. The van der Waals surface area contributed by atoms with Gasteiger partial charge in [0.05, 0.1) is 12.7 Å². The molecule has 0 atom stereocenters. The Morgan fingerprint density at radius 3 is 1.88 bits per heavy atom. The van der Waals surface area contributed by atoms with Crippen LogP contribution in [0.5, 0.6) is 0 Å². The lowest BCUT2D eigenvalue weighted by atomic mass is 9.76. The molecule has 0 spiro atoms. The number of allylic oxidation sites excluding steroid dienone is 2. The fourth-order valence-electron chi connectivity index (χ4n) is 4.80. The summed E-state index contributed by atoms with van der Waals surface area (Å²) in [7, 11) is 0. The maximum atomic E-state index is 5.95. The first-order valence-electron chi connectivity index (χ1n) is 11.2. The Morgan fingerprint density at radius 1 is 0.760 bits per heavy atom. The van der Waals surface area contributed by atoms with Gasteiger partial charge < -0.3 is 4.74 Å². The first-order valence-corrected chi connectivity index (χ1v) is 11.2. The molecule has 2 saturated carbocycles. The highest BCUT2D eigenvalue weighted by Gasteiger charge is 2.24. The topological polar surface area (TPSA) is 9.23 Å². The fraction of sp³-hybridized carbons (Fsp3) is 0.833. The second-order valence-electron chi connectivity index (χ2n) is 8.51. The summed E-state index contributed by atoms with van der Waals surface area (Å²) in [5, 5.41) is 0. The average molecular weight is 347 g/mol. The van der Waals surface area contributed by atoms with Crippen molar-refractivity contribution in [2.45, 2.75) is 103 Å². The molecule has 0 aromatic heterocycles. The van der Waals surface area contributed by atoms with Gasteiger partial charge >= 0.3 is 0 Å². The minimum atomic E-state index is 0.536. The molecule has 0 aromatic rings. The van der Waals surface area contributed by atoms with Gasteiger partial charge in [-0.15, -0.1) is 6.58 Å². The highest BCUT2D eigenvalue weighted by Crippen LogP contribution is 2.37. The molecule has 0 aliphatic heterocycles. The third-order valence-electron chi connectivity index (χ3n) is 6.56. The van der Waals surface area contributed by atoms with Crippen molar-refractivity contribution < 1.29 is 4.74 Å². The zero-order valence-corrected chi connectivity index (χ0v) is 16.8. The lowest BCUT2D eigenvalue weighted by molar-refractivity contribution is 0.0189. The van der Waals surface area contributed by atoms with Crippen LogP contribution >= 0.6 is 0 Å². The Morgan fingerprint density at radius 2 is 1.32 bits per heavy atom. The summed E-state index contributed by atoms with van der Waals surface area (Å²) in [5.41, 5.74) is 0. The second kappa shape index (κ2) is 12.7. The van der Waals surface area contributed by atoms with Gasteiger partial charge in [0.2, 0.25) is 0 Å². The quantitative estimate of drug-likeness (QED) is 0.278. The standard InChI is InChI=1S/C24H42O/c1-3-5-7-8-9-21-10-12-22(13-11-21)14-15-23-16-18-24(19-17-23)25-20-6-4-2/h4-5,7,21-24H,2-3,6,8-20H2,1H3/b7-5+/t21-,22-,23-,24-. The van der Waals surface area contributed by atoms with E-state index in [1.165, 1.54) is 83.5 Å². The van der Waals surface area contributed by atoms with E-state index in [-0.39, 0.29) is 0 Å². The van der Waals surface area contributed by atoms with E-state index in [4.69, 9.17) is 4.74 Å². The van der Waals surface area contributed by atoms with E-state index in [1.54, 1.807) is 0 Å². The lowest BCUT2D eigenvalue weighted by Gasteiger charge is -2.32. The van der Waals surface area contributed by atoms with Crippen LogP contribution in [0.15, 0.2) is 24.8 Å². The average Bonchev–Trinajstić information content (AvgIpc) is 2.66. The summed E-state index contributed by atoms with van der Waals surface area (Å²) in [6.07, 6.45) is 26.5. The largest absolute Gasteiger partial charge is 0.378 e. The van der Waals surface area contributed by atoms with Crippen molar-refractivity contribution in [1.29, 1.82) is 0 Å². The van der Waals surface area contributed by atoms with Crippen molar-refractivity contribution in [3.05, 3.63) is 24.8 Å². The molecule has 2 rings (SSSR count). The van der Waals surface area contributed by atoms with E-state index >= 15 is 0 Å². The van der Waals surface area contributed by atoms with Crippen LogP contribution in [0.3, 0.4) is 0 Å². The molecule has 1 heteroatoms. The van der Waals surface area contributed by atoms with Gasteiger partial charge in [-0.1, -0.05) is 63.7 Å². The van der Waals surface area contributed by atoms with Crippen molar-refractivity contribution in [3.8, 4) is 0 Å². The minimum absolute atomic E-state index is 0.536. The first-order chi connectivity index (χ1) is 12.3. The third-order valence-corrected chi connectivity index (χ3v) is 6.56. The maximum Gasteiger partial charge on any atom is 0.0575 e. The van der Waals surface area contributed by atoms with E-state index < -0.39 is 0 Å². The van der Waals surface area contributed by atoms with Crippen LogP contribution in [-0.4, -0.2) is 12.7 Å². The minimum Gasteiger partial charge on any atom is -0.378 e. The van der Waals surface area contributed by atoms with Gasteiger partial charge in [-0.25, -0.2) is 0 Å². The van der Waals surface area contributed by atoms with Crippen molar-refractivity contribution >= 4 is 0 Å². The third kappa shape index (κ3) is 8.58. The highest BCUT2D eigenvalue weighted by molar-refractivity contribution is 4.83. The van der Waals surface area contributed by atoms with E-state index in [0.717, 1.165) is 30.8 Å². The predicted molar refractivity (Wildman–Crippen MR) is 110 cm³/mol. The highest BCUT2D eigenvalue weighted by atomic mass is 16.5. The first kappa shape index (κ1) is 20.7. The van der Waals surface area contributed by atoms with Crippen molar-refractivity contribution in [1.82, 2.24) is 0 Å². The van der Waals surface area contributed by atoms with Gasteiger partial charge in [-0.05, 0) is 69.1 Å². The second-order valence-corrected chi connectivity index (χ2v) is 8.51. The van der Waals surface area contributed by atoms with Crippen LogP contribution in [0.2, 0.25) is 0 Å². The maximum absolute atomic E-state index is 5.95. The Hall–Kier alpha value is -0.560. The molecule has 0 bridgehead atoms. The molecule has 0 heterocycles. The number of hydrogen-bond acceptors (Lipinski definition) is 1. The van der Waals surface area contributed by atoms with Crippen LogP contribution in [0.1, 0.15) is 96.8 Å². The summed E-state index contributed by atoms with van der Waals surface area (Å²) in [4.78, 5) is 0. The molecular formula is C24H42O. The summed E-state index contributed by atoms with van der Waals surface area (Å²) in [6, 6.07) is 0. The normalized spacial score (nSPS) is 30.6. The van der Waals surface area contributed by atoms with Crippen molar-refractivity contribution in [3.63, 3.8) is 0 Å². The molecule has 2 aliphatic rings. The van der Waals surface area contributed by atoms with Crippen LogP contribution in [0.4, 0.5) is 0 Å². The Bertz CT molecular complexity index is 356. The molecular weight excluding hydrogens is 304 g/mol. The van der Waals surface area contributed by atoms with Gasteiger partial charge in [0, 0.05) is 0 Å². The SMILES string of the molecule is C=CCCO[C@H]1CC[C@H](CC[C@H]2CC[C@H](CC/C=C/CC)CC2)CC1. The molecule has 0 amide bonds. The fourth-order valence-corrected chi connectivity index (χ4v) is 4.80. The van der Waals surface area contributed by atoms with E-state index in [0.29, 0.717) is 6.10 Å². The number of ether oxygens (including phenoxy) is 1. The van der Waals surface area contributed by atoms with Crippen LogP contribution in [0, 0.1) is 17.8 Å². The van der Waals surface area contributed by atoms with E-state index in [1.807, 2.05) is 6.08 Å². The van der Waals surface area contributed by atoms with E-state index in [2.05, 4.69) is 25.7 Å². The number of hydrogen-bond donors (Lipinski definition) is 0. The smallest absolute Gasteiger partial charge is 0.0575 e. The lowest BCUT2D eigenvalue weighted by Crippen LogP contribution is -2.23. The van der Waals surface area contributed by atoms with Crippen LogP contribution in [0.25, 0.3) is 0 Å². The predicted octanol–water partition coefficient (Wildman–Crippen LogP) is 7.47. The Balaban J connectivity index is 1.50. The van der Waals surface area contributed by atoms with Crippen LogP contribution in [-0.2, 0) is 4.74 Å². The molecule has 25 heavy (non-hydrogen) atoms. The zero-order chi connectivity index (χ0) is 17.7. The summed E-state index contributed by atoms with van der Waals surface area (Å²) in [5.74, 6) is 3.03. The molecule has 0 saturated heterocycles. The molecule has 0 aromatic carbocycles. The zero-order valence-electron chi connectivity index (χ0n) is 16.8. The van der Waals surface area contributed by atoms with Crippen molar-refractivity contribution in [2.75, 3.05) is 6.61 Å². The Labute approximate surface area is 157 Å². The number of rotatable bonds is 11.